The number of hydrogen-bond donors (Lipinski definition) is 1. The number of anilines is 2. The zero-order chi connectivity index (χ0) is 16.9. The fourth-order valence-electron chi connectivity index (χ4n) is 3.02. The highest BCUT2D eigenvalue weighted by molar-refractivity contribution is 5.53. The largest absolute Gasteiger partial charge is 0.381 e. The van der Waals surface area contributed by atoms with Gasteiger partial charge < -0.3 is 10.2 Å². The van der Waals surface area contributed by atoms with Crippen LogP contribution in [0.25, 0.3) is 0 Å². The van der Waals surface area contributed by atoms with Gasteiger partial charge in [-0.3, -0.25) is 0 Å². The van der Waals surface area contributed by atoms with Crippen LogP contribution in [0.2, 0.25) is 0 Å². The average Bonchev–Trinajstić information content (AvgIpc) is 2.62. The highest BCUT2D eigenvalue weighted by Crippen LogP contribution is 2.25. The van der Waals surface area contributed by atoms with Crippen LogP contribution in [0.5, 0.6) is 0 Å². The maximum absolute atomic E-state index is 14.2. The normalized spacial score (nSPS) is 17.0. The number of nitrogens with one attached hydrogen (secondary N) is 1. The van der Waals surface area contributed by atoms with E-state index in [9.17, 15) is 4.39 Å². The Balaban J connectivity index is 1.70. The number of benzene rings is 2. The molecule has 1 heterocycles. The second-order valence-electron chi connectivity index (χ2n) is 5.90. The van der Waals surface area contributed by atoms with E-state index in [0.717, 1.165) is 25.1 Å². The molecular weight excluding hydrogens is 303 g/mol. The average molecular weight is 320 g/mol. The van der Waals surface area contributed by atoms with Crippen LogP contribution in [0, 0.1) is 28.5 Å². The van der Waals surface area contributed by atoms with Gasteiger partial charge >= 0.3 is 0 Å². The predicted octanol–water partition coefficient (Wildman–Crippen LogP) is 3.65. The Labute approximate surface area is 140 Å². The Bertz CT molecular complexity index is 802. The van der Waals surface area contributed by atoms with Crippen molar-refractivity contribution in [1.82, 2.24) is 0 Å². The van der Waals surface area contributed by atoms with E-state index >= 15 is 0 Å². The highest BCUT2D eigenvalue weighted by Gasteiger charge is 2.22. The van der Waals surface area contributed by atoms with E-state index in [1.807, 2.05) is 23.1 Å². The summed E-state index contributed by atoms with van der Waals surface area (Å²) in [6, 6.07) is 16.2. The van der Waals surface area contributed by atoms with Gasteiger partial charge in [-0.2, -0.15) is 10.5 Å². The summed E-state index contributed by atoms with van der Waals surface area (Å²) < 4.78 is 14.2. The molecule has 0 aliphatic carbocycles. The maximum Gasteiger partial charge on any atom is 0.147 e. The molecule has 3 rings (SSSR count). The summed E-state index contributed by atoms with van der Waals surface area (Å²) in [5.41, 5.74) is 2.47. The highest BCUT2D eigenvalue weighted by atomic mass is 19.1. The smallest absolute Gasteiger partial charge is 0.147 e. The van der Waals surface area contributed by atoms with Crippen molar-refractivity contribution < 1.29 is 4.39 Å². The Morgan fingerprint density at radius 1 is 1.04 bits per heavy atom. The molecule has 0 radical (unpaired) electrons. The van der Waals surface area contributed by atoms with Crippen molar-refractivity contribution >= 4 is 11.4 Å². The minimum Gasteiger partial charge on any atom is -0.381 e. The summed E-state index contributed by atoms with van der Waals surface area (Å²) in [5, 5.41) is 21.1. The van der Waals surface area contributed by atoms with Crippen molar-refractivity contribution in [3.8, 4) is 12.1 Å². The van der Waals surface area contributed by atoms with Crippen LogP contribution in [0.4, 0.5) is 15.8 Å². The molecule has 1 fully saturated rings. The Kier molecular flexibility index (Phi) is 4.63. The molecule has 0 aromatic heterocycles. The molecule has 1 atom stereocenters. The topological polar surface area (TPSA) is 62.9 Å². The molecule has 1 N–H and O–H groups in total. The lowest BCUT2D eigenvalue weighted by Gasteiger charge is -2.35. The molecule has 0 bridgehead atoms. The molecule has 1 aliphatic heterocycles. The molecule has 0 amide bonds. The quantitative estimate of drug-likeness (QED) is 0.937. The Morgan fingerprint density at radius 2 is 1.75 bits per heavy atom. The van der Waals surface area contributed by atoms with Gasteiger partial charge in [0.25, 0.3) is 0 Å². The van der Waals surface area contributed by atoms with E-state index in [2.05, 4.69) is 11.4 Å². The van der Waals surface area contributed by atoms with Crippen LogP contribution in [0.1, 0.15) is 24.0 Å². The first kappa shape index (κ1) is 15.8. The van der Waals surface area contributed by atoms with Crippen molar-refractivity contribution in [2.75, 3.05) is 23.3 Å². The lowest BCUT2D eigenvalue weighted by atomic mass is 10.0. The fourth-order valence-corrected chi connectivity index (χ4v) is 3.02. The number of nitrogens with zero attached hydrogens (tertiary/aromatic N) is 3. The van der Waals surface area contributed by atoms with Crippen LogP contribution in [-0.4, -0.2) is 19.1 Å². The van der Waals surface area contributed by atoms with Gasteiger partial charge in [0.15, 0.2) is 0 Å². The fraction of sp³-hybridized carbons (Fsp3) is 0.263. The monoisotopic (exact) mass is 320 g/mol. The maximum atomic E-state index is 14.2. The second kappa shape index (κ2) is 7.02. The van der Waals surface area contributed by atoms with Crippen molar-refractivity contribution in [1.29, 1.82) is 10.5 Å². The van der Waals surface area contributed by atoms with Gasteiger partial charge in [-0.1, -0.05) is 0 Å². The van der Waals surface area contributed by atoms with Crippen LogP contribution >= 0.6 is 0 Å². The van der Waals surface area contributed by atoms with Gasteiger partial charge in [0.05, 0.1) is 29.0 Å². The molecule has 0 spiro atoms. The third-order valence-electron chi connectivity index (χ3n) is 4.22. The van der Waals surface area contributed by atoms with E-state index in [-0.39, 0.29) is 11.9 Å². The molecule has 1 unspecified atom stereocenters. The number of nitriles is 2. The molecular formula is C19H17FN4. The number of halogens is 1. The minimum absolute atomic E-state index is 0.210. The zero-order valence-electron chi connectivity index (χ0n) is 13.2. The molecule has 5 heteroatoms. The lowest BCUT2D eigenvalue weighted by Crippen LogP contribution is -2.42. The van der Waals surface area contributed by atoms with Crippen LogP contribution < -0.4 is 10.2 Å². The molecule has 4 nitrogen and oxygen atoms in total. The third kappa shape index (κ3) is 3.47. The van der Waals surface area contributed by atoms with E-state index in [4.69, 9.17) is 10.5 Å². The molecule has 1 aliphatic rings. The van der Waals surface area contributed by atoms with Crippen LogP contribution in [0.15, 0.2) is 42.5 Å². The summed E-state index contributed by atoms with van der Waals surface area (Å²) in [4.78, 5) is 2.02. The predicted molar refractivity (Wildman–Crippen MR) is 91.1 cm³/mol. The van der Waals surface area contributed by atoms with Crippen molar-refractivity contribution in [3.05, 3.63) is 59.4 Å². The summed E-state index contributed by atoms with van der Waals surface area (Å²) in [5.74, 6) is -0.354. The molecule has 2 aromatic carbocycles. The zero-order valence-corrected chi connectivity index (χ0v) is 13.2. The van der Waals surface area contributed by atoms with Gasteiger partial charge in [0.2, 0.25) is 0 Å². The summed E-state index contributed by atoms with van der Waals surface area (Å²) in [6.45, 7) is 1.50. The van der Waals surface area contributed by atoms with Crippen LogP contribution in [-0.2, 0) is 0 Å². The van der Waals surface area contributed by atoms with Gasteiger partial charge in [-0.15, -0.1) is 0 Å². The molecule has 120 valence electrons. The summed E-state index contributed by atoms with van der Waals surface area (Å²) >= 11 is 0. The Morgan fingerprint density at radius 3 is 2.42 bits per heavy atom. The van der Waals surface area contributed by atoms with E-state index in [0.29, 0.717) is 23.4 Å². The van der Waals surface area contributed by atoms with E-state index in [1.54, 1.807) is 24.3 Å². The SMILES string of the molecule is N#Cc1ccc(NC2CCCN(c3ccc(C#N)cc3F)C2)cc1. The molecule has 0 saturated carbocycles. The minimum atomic E-state index is -0.354. The van der Waals surface area contributed by atoms with E-state index < -0.39 is 0 Å². The molecule has 1 saturated heterocycles. The van der Waals surface area contributed by atoms with Crippen molar-refractivity contribution in [3.63, 3.8) is 0 Å². The third-order valence-corrected chi connectivity index (χ3v) is 4.22. The summed E-state index contributed by atoms with van der Waals surface area (Å²) in [7, 11) is 0. The van der Waals surface area contributed by atoms with E-state index in [1.165, 1.54) is 6.07 Å². The number of rotatable bonds is 3. The summed E-state index contributed by atoms with van der Waals surface area (Å²) in [6.07, 6.45) is 1.97. The molecule has 2 aromatic rings. The van der Waals surface area contributed by atoms with Crippen LogP contribution in [0.3, 0.4) is 0 Å². The van der Waals surface area contributed by atoms with Gasteiger partial charge in [-0.05, 0) is 55.3 Å². The molecule has 24 heavy (non-hydrogen) atoms. The van der Waals surface area contributed by atoms with Crippen molar-refractivity contribution in [2.24, 2.45) is 0 Å². The number of hydrogen-bond acceptors (Lipinski definition) is 4. The van der Waals surface area contributed by atoms with Gasteiger partial charge in [-0.25, -0.2) is 4.39 Å². The first-order valence-electron chi connectivity index (χ1n) is 7.91. The van der Waals surface area contributed by atoms with Gasteiger partial charge in [0, 0.05) is 24.8 Å². The van der Waals surface area contributed by atoms with Gasteiger partial charge in [0.1, 0.15) is 5.82 Å². The first-order valence-corrected chi connectivity index (χ1v) is 7.91. The first-order chi connectivity index (χ1) is 11.7. The number of piperidine rings is 1. The second-order valence-corrected chi connectivity index (χ2v) is 5.90. The standard InChI is InChI=1S/C19H17FN4/c20-18-10-15(12-22)5-8-19(18)24-9-1-2-17(13-24)23-16-6-3-14(11-21)4-7-16/h3-8,10,17,23H,1-2,9,13H2. The Hall–Kier alpha value is -3.05. The lowest BCUT2D eigenvalue weighted by molar-refractivity contribution is 0.519. The van der Waals surface area contributed by atoms with Crippen molar-refractivity contribution in [2.45, 2.75) is 18.9 Å².